The number of rotatable bonds is 4. The van der Waals surface area contributed by atoms with Crippen LogP contribution in [0.5, 0.6) is 0 Å². The second-order valence-corrected chi connectivity index (χ2v) is 3.72. The SMILES string of the molecule is O=C(Cn1cnc([N+](=O)[O-])c1)Nc1ccc(F)cc1. The number of amides is 1. The van der Waals surface area contributed by atoms with Crippen LogP contribution in [0.15, 0.2) is 36.8 Å². The van der Waals surface area contributed by atoms with E-state index in [4.69, 9.17) is 0 Å². The van der Waals surface area contributed by atoms with Crippen molar-refractivity contribution in [2.75, 3.05) is 5.32 Å². The minimum absolute atomic E-state index is 0.113. The van der Waals surface area contributed by atoms with E-state index in [0.717, 1.165) is 6.20 Å². The highest BCUT2D eigenvalue weighted by atomic mass is 19.1. The summed E-state index contributed by atoms with van der Waals surface area (Å²) in [7, 11) is 0. The third-order valence-electron chi connectivity index (χ3n) is 2.26. The van der Waals surface area contributed by atoms with Crippen LogP contribution >= 0.6 is 0 Å². The van der Waals surface area contributed by atoms with Crippen molar-refractivity contribution in [2.24, 2.45) is 0 Å². The van der Waals surface area contributed by atoms with Gasteiger partial charge in [0.25, 0.3) is 0 Å². The second kappa shape index (κ2) is 5.25. The molecule has 0 aliphatic carbocycles. The number of nitrogens with zero attached hydrogens (tertiary/aromatic N) is 3. The molecule has 0 aliphatic rings. The number of halogens is 1. The van der Waals surface area contributed by atoms with E-state index in [-0.39, 0.29) is 18.3 Å². The van der Waals surface area contributed by atoms with Crippen LogP contribution in [0.2, 0.25) is 0 Å². The van der Waals surface area contributed by atoms with E-state index in [2.05, 4.69) is 10.3 Å². The monoisotopic (exact) mass is 264 g/mol. The third-order valence-corrected chi connectivity index (χ3v) is 2.26. The number of carbonyl (C=O) groups is 1. The van der Waals surface area contributed by atoms with Gasteiger partial charge in [-0.05, 0) is 34.2 Å². The molecule has 1 aromatic heterocycles. The molecule has 0 bridgehead atoms. The van der Waals surface area contributed by atoms with Crippen molar-refractivity contribution in [3.63, 3.8) is 0 Å². The maximum absolute atomic E-state index is 12.7. The molecule has 0 saturated carbocycles. The van der Waals surface area contributed by atoms with Gasteiger partial charge in [-0.15, -0.1) is 0 Å². The second-order valence-electron chi connectivity index (χ2n) is 3.72. The first-order valence-electron chi connectivity index (χ1n) is 5.26. The summed E-state index contributed by atoms with van der Waals surface area (Å²) in [4.78, 5) is 24.9. The molecule has 0 radical (unpaired) electrons. The van der Waals surface area contributed by atoms with Crippen molar-refractivity contribution in [3.05, 3.63) is 52.7 Å². The number of aromatic nitrogens is 2. The Labute approximate surface area is 106 Å². The molecule has 19 heavy (non-hydrogen) atoms. The van der Waals surface area contributed by atoms with Crippen LogP contribution in [0.4, 0.5) is 15.9 Å². The number of benzene rings is 1. The highest BCUT2D eigenvalue weighted by molar-refractivity contribution is 5.90. The first-order chi connectivity index (χ1) is 9.04. The zero-order valence-electron chi connectivity index (χ0n) is 9.62. The van der Waals surface area contributed by atoms with E-state index in [1.807, 2.05) is 0 Å². The molecule has 1 N–H and O–H groups in total. The average molecular weight is 264 g/mol. The topological polar surface area (TPSA) is 90.1 Å². The first kappa shape index (κ1) is 12.7. The van der Waals surface area contributed by atoms with Gasteiger partial charge in [0.1, 0.15) is 18.6 Å². The van der Waals surface area contributed by atoms with E-state index >= 15 is 0 Å². The number of hydrogen-bond donors (Lipinski definition) is 1. The van der Waals surface area contributed by atoms with Crippen molar-refractivity contribution in [2.45, 2.75) is 6.54 Å². The van der Waals surface area contributed by atoms with Crippen LogP contribution in [0.1, 0.15) is 0 Å². The van der Waals surface area contributed by atoms with E-state index in [9.17, 15) is 19.3 Å². The molecule has 8 heteroatoms. The summed E-state index contributed by atoms with van der Waals surface area (Å²) < 4.78 is 13.9. The minimum Gasteiger partial charge on any atom is -0.358 e. The third kappa shape index (κ3) is 3.35. The highest BCUT2D eigenvalue weighted by Crippen LogP contribution is 2.09. The van der Waals surface area contributed by atoms with E-state index < -0.39 is 10.7 Å². The smallest absolute Gasteiger partial charge is 0.358 e. The molecule has 0 aliphatic heterocycles. The lowest BCUT2D eigenvalue weighted by Crippen LogP contribution is -2.17. The molecule has 2 rings (SSSR count). The summed E-state index contributed by atoms with van der Waals surface area (Å²) in [6.45, 7) is -0.113. The Hall–Kier alpha value is -2.77. The van der Waals surface area contributed by atoms with Crippen molar-refractivity contribution in [1.82, 2.24) is 9.55 Å². The largest absolute Gasteiger partial charge is 0.381 e. The zero-order chi connectivity index (χ0) is 13.8. The molecule has 0 fully saturated rings. The standard InChI is InChI=1S/C11H9FN4O3/c12-8-1-3-9(4-2-8)14-11(17)6-15-5-10(13-7-15)16(18)19/h1-5,7H,6H2,(H,14,17). The fourth-order valence-electron chi connectivity index (χ4n) is 1.43. The Morgan fingerprint density at radius 3 is 2.68 bits per heavy atom. The van der Waals surface area contributed by atoms with Gasteiger partial charge in [-0.25, -0.2) is 4.39 Å². The molecule has 0 saturated heterocycles. The number of anilines is 1. The quantitative estimate of drug-likeness (QED) is 0.670. The lowest BCUT2D eigenvalue weighted by molar-refractivity contribution is -0.389. The van der Waals surface area contributed by atoms with Gasteiger partial charge in [-0.2, -0.15) is 0 Å². The number of carbonyl (C=O) groups excluding carboxylic acids is 1. The van der Waals surface area contributed by atoms with E-state index in [1.165, 1.54) is 35.2 Å². The molecule has 7 nitrogen and oxygen atoms in total. The summed E-state index contributed by atoms with van der Waals surface area (Å²) in [6, 6.07) is 5.28. The Bertz CT molecular complexity index is 609. The molecule has 2 aromatic rings. The van der Waals surface area contributed by atoms with Gasteiger partial charge in [0, 0.05) is 5.69 Å². The molecule has 0 atom stereocenters. The van der Waals surface area contributed by atoms with Gasteiger partial charge in [-0.3, -0.25) is 4.79 Å². The minimum atomic E-state index is -0.644. The molecule has 1 amide bonds. The highest BCUT2D eigenvalue weighted by Gasteiger charge is 2.12. The van der Waals surface area contributed by atoms with Crippen LogP contribution in [-0.4, -0.2) is 20.4 Å². The molecular weight excluding hydrogens is 255 g/mol. The fraction of sp³-hybridized carbons (Fsp3) is 0.0909. The van der Waals surface area contributed by atoms with Crippen molar-refractivity contribution in [3.8, 4) is 0 Å². The lowest BCUT2D eigenvalue weighted by Gasteiger charge is -2.04. The Kier molecular flexibility index (Phi) is 3.51. The van der Waals surface area contributed by atoms with Gasteiger partial charge in [-0.1, -0.05) is 0 Å². The van der Waals surface area contributed by atoms with E-state index in [0.29, 0.717) is 5.69 Å². The van der Waals surface area contributed by atoms with Gasteiger partial charge < -0.3 is 20.0 Å². The maximum Gasteiger partial charge on any atom is 0.381 e. The Morgan fingerprint density at radius 2 is 2.11 bits per heavy atom. The average Bonchev–Trinajstić information content (AvgIpc) is 2.80. The Morgan fingerprint density at radius 1 is 1.42 bits per heavy atom. The van der Waals surface area contributed by atoms with Crippen LogP contribution in [0, 0.1) is 15.9 Å². The summed E-state index contributed by atoms with van der Waals surface area (Å²) in [6.07, 6.45) is 2.35. The predicted octanol–water partition coefficient (Wildman–Crippen LogP) is 1.57. The summed E-state index contributed by atoms with van der Waals surface area (Å²) in [5, 5.41) is 12.9. The van der Waals surface area contributed by atoms with Gasteiger partial charge in [0.05, 0.1) is 0 Å². The normalized spacial score (nSPS) is 10.2. The number of imidazole rings is 1. The number of nitro groups is 1. The predicted molar refractivity (Wildman–Crippen MR) is 63.9 cm³/mol. The van der Waals surface area contributed by atoms with Crippen LogP contribution in [0.3, 0.4) is 0 Å². The van der Waals surface area contributed by atoms with E-state index in [1.54, 1.807) is 0 Å². The first-order valence-corrected chi connectivity index (χ1v) is 5.26. The van der Waals surface area contributed by atoms with Crippen LogP contribution in [0.25, 0.3) is 0 Å². The summed E-state index contributed by atoms with van der Waals surface area (Å²) in [5.74, 6) is -1.11. The fourth-order valence-corrected chi connectivity index (χ4v) is 1.43. The lowest BCUT2D eigenvalue weighted by atomic mass is 10.3. The van der Waals surface area contributed by atoms with Crippen LogP contribution in [-0.2, 0) is 11.3 Å². The molecule has 0 spiro atoms. The summed E-state index contributed by atoms with van der Waals surface area (Å²) in [5.41, 5.74) is 0.445. The molecule has 1 heterocycles. The number of nitrogens with one attached hydrogen (secondary N) is 1. The zero-order valence-corrected chi connectivity index (χ0v) is 9.62. The molecular formula is C11H9FN4O3. The molecule has 0 unspecified atom stereocenters. The van der Waals surface area contributed by atoms with Gasteiger partial charge in [0.15, 0.2) is 0 Å². The van der Waals surface area contributed by atoms with Gasteiger partial charge in [0.2, 0.25) is 12.2 Å². The summed E-state index contributed by atoms with van der Waals surface area (Å²) >= 11 is 0. The van der Waals surface area contributed by atoms with Crippen molar-refractivity contribution in [1.29, 1.82) is 0 Å². The number of hydrogen-bond acceptors (Lipinski definition) is 4. The van der Waals surface area contributed by atoms with Crippen molar-refractivity contribution < 1.29 is 14.1 Å². The molecule has 1 aromatic carbocycles. The van der Waals surface area contributed by atoms with Gasteiger partial charge >= 0.3 is 5.82 Å². The maximum atomic E-state index is 12.7. The van der Waals surface area contributed by atoms with Crippen LogP contribution < -0.4 is 5.32 Å². The van der Waals surface area contributed by atoms with Crippen molar-refractivity contribution >= 4 is 17.4 Å². The Balaban J connectivity index is 1.97. The molecule has 98 valence electrons.